The zero-order chi connectivity index (χ0) is 27.5. The minimum Gasteiger partial charge on any atom is -0.200 e. The van der Waals surface area contributed by atoms with E-state index in [1.807, 2.05) is 0 Å². The molecule has 2 heterocycles. The third kappa shape index (κ3) is 4.16. The highest BCUT2D eigenvalue weighted by molar-refractivity contribution is 7.16. The highest BCUT2D eigenvalue weighted by Gasteiger charge is 2.43. The highest BCUT2D eigenvalue weighted by atomic mass is 28.3. The van der Waals surface area contributed by atoms with Crippen LogP contribution in [0.4, 0.5) is 0 Å². The van der Waals surface area contributed by atoms with Crippen molar-refractivity contribution in [2.24, 2.45) is 7.05 Å². The lowest BCUT2D eigenvalue weighted by molar-refractivity contribution is -0.660. The predicted octanol–water partition coefficient (Wildman–Crippen LogP) is 6.09. The van der Waals surface area contributed by atoms with Crippen LogP contribution < -0.4 is 25.3 Å². The van der Waals surface area contributed by atoms with Crippen molar-refractivity contribution in [3.05, 3.63) is 114 Å². The summed E-state index contributed by atoms with van der Waals surface area (Å²) in [7, 11) is -1.33. The summed E-state index contributed by atoms with van der Waals surface area (Å²) in [5.74, 6) is 0. The summed E-state index contributed by atoms with van der Waals surface area (Å²) in [5, 5.41) is 6.55. The summed E-state index contributed by atoms with van der Waals surface area (Å²) < 4.78 is 2.31. The van der Waals surface area contributed by atoms with E-state index in [2.05, 4.69) is 155 Å². The molecule has 0 atom stereocenters. The molecule has 39 heavy (non-hydrogen) atoms. The smallest absolute Gasteiger partial charge is 0.200 e. The third-order valence-corrected chi connectivity index (χ3v) is 16.6. The summed E-state index contributed by atoms with van der Waals surface area (Å²) in [6.07, 6.45) is 2.34. The number of aryl methyl sites for hydroxylation is 3. The standard InChI is InChI=1S/C36H38NSi2/c1-25-21-28(27-13-9-8-10-14-27)17-19-30(25)32-22-26(2)31(24-37(32)3)29-18-20-35-36(23-29)39(6,7)34-16-12-11-15-33(34)38(35,4)5/h8-24H,1-7H3/q+1. The first-order chi connectivity index (χ1) is 18.6. The molecule has 0 bridgehead atoms. The first kappa shape index (κ1) is 25.7. The van der Waals surface area contributed by atoms with Crippen molar-refractivity contribution in [3.63, 3.8) is 0 Å². The van der Waals surface area contributed by atoms with Gasteiger partial charge in [-0.2, -0.15) is 0 Å². The van der Waals surface area contributed by atoms with E-state index in [4.69, 9.17) is 0 Å². The SMILES string of the molecule is Cc1cc(-c2ccc(-c3ccccc3)cc2C)[n+](C)cc1-c1ccc2c(c1)[Si](C)(C)c1ccccc1[Si]2(C)C. The fraction of sp³-hybridized carbons (Fsp3) is 0.194. The predicted molar refractivity (Wildman–Crippen MR) is 173 cm³/mol. The molecule has 0 saturated heterocycles. The Bertz CT molecular complexity index is 1730. The number of benzene rings is 4. The molecular formula is C36H38NSi2+. The molecule has 0 saturated carbocycles. The molecule has 0 radical (unpaired) electrons. The fourth-order valence-corrected chi connectivity index (χ4v) is 16.1. The van der Waals surface area contributed by atoms with Gasteiger partial charge in [0, 0.05) is 17.2 Å². The molecule has 1 nitrogen and oxygen atoms in total. The minimum absolute atomic E-state index is 1.25. The molecule has 5 aromatic rings. The van der Waals surface area contributed by atoms with E-state index in [0.717, 1.165) is 0 Å². The average Bonchev–Trinajstić information content (AvgIpc) is 2.94. The van der Waals surface area contributed by atoms with Gasteiger partial charge in [0.2, 0.25) is 5.69 Å². The van der Waals surface area contributed by atoms with Crippen molar-refractivity contribution in [3.8, 4) is 33.5 Å². The van der Waals surface area contributed by atoms with E-state index in [9.17, 15) is 0 Å². The van der Waals surface area contributed by atoms with E-state index in [0.29, 0.717) is 0 Å². The van der Waals surface area contributed by atoms with E-state index < -0.39 is 16.1 Å². The molecule has 3 heteroatoms. The Hall–Kier alpha value is -3.54. The highest BCUT2D eigenvalue weighted by Crippen LogP contribution is 2.30. The topological polar surface area (TPSA) is 3.88 Å². The Morgan fingerprint density at radius 3 is 1.72 bits per heavy atom. The van der Waals surface area contributed by atoms with Crippen molar-refractivity contribution >= 4 is 36.9 Å². The van der Waals surface area contributed by atoms with Gasteiger partial charge >= 0.3 is 0 Å². The Morgan fingerprint density at radius 2 is 1.05 bits per heavy atom. The second-order valence-corrected chi connectivity index (χ2v) is 21.0. The normalized spacial score (nSPS) is 14.9. The molecule has 1 aliphatic rings. The van der Waals surface area contributed by atoms with Gasteiger partial charge in [0.1, 0.15) is 23.2 Å². The van der Waals surface area contributed by atoms with Crippen molar-refractivity contribution in [2.45, 2.75) is 40.0 Å². The van der Waals surface area contributed by atoms with Gasteiger partial charge in [-0.1, -0.05) is 132 Å². The maximum atomic E-state index is 2.55. The second-order valence-electron chi connectivity index (χ2n) is 12.3. The largest absolute Gasteiger partial charge is 0.212 e. The van der Waals surface area contributed by atoms with Crippen LogP contribution in [0.25, 0.3) is 33.5 Å². The van der Waals surface area contributed by atoms with Crippen LogP contribution in [0.15, 0.2) is 103 Å². The maximum Gasteiger partial charge on any atom is 0.212 e. The summed E-state index contributed by atoms with van der Waals surface area (Å²) in [4.78, 5) is 0. The quantitative estimate of drug-likeness (QED) is 0.193. The van der Waals surface area contributed by atoms with Crippen molar-refractivity contribution in [2.75, 3.05) is 0 Å². The minimum atomic E-state index is -1.79. The number of fused-ring (bicyclic) bond motifs is 2. The van der Waals surface area contributed by atoms with Gasteiger partial charge in [-0.05, 0) is 47.7 Å². The number of nitrogens with zero attached hydrogens (tertiary/aromatic N) is 1. The van der Waals surface area contributed by atoms with Crippen LogP contribution in [-0.4, -0.2) is 16.1 Å². The lowest BCUT2D eigenvalue weighted by Gasteiger charge is -2.42. The van der Waals surface area contributed by atoms with Crippen molar-refractivity contribution in [1.29, 1.82) is 0 Å². The summed E-state index contributed by atoms with van der Waals surface area (Å²) in [6.45, 7) is 14.6. The van der Waals surface area contributed by atoms with Crippen LogP contribution in [0.1, 0.15) is 11.1 Å². The van der Waals surface area contributed by atoms with Gasteiger partial charge in [0.15, 0.2) is 6.20 Å². The Kier molecular flexibility index (Phi) is 6.13. The van der Waals surface area contributed by atoms with E-state index >= 15 is 0 Å². The Morgan fingerprint density at radius 1 is 0.487 bits per heavy atom. The van der Waals surface area contributed by atoms with Crippen LogP contribution >= 0.6 is 0 Å². The van der Waals surface area contributed by atoms with Crippen LogP contribution in [0.3, 0.4) is 0 Å². The number of hydrogen-bond donors (Lipinski definition) is 0. The molecule has 194 valence electrons. The van der Waals surface area contributed by atoms with Gasteiger partial charge in [-0.3, -0.25) is 0 Å². The second kappa shape index (κ2) is 9.29. The summed E-state index contributed by atoms with van der Waals surface area (Å²) >= 11 is 0. The molecule has 0 unspecified atom stereocenters. The molecular weight excluding hydrogens is 503 g/mol. The third-order valence-electron chi connectivity index (χ3n) is 9.04. The maximum absolute atomic E-state index is 2.55. The fourth-order valence-electron chi connectivity index (χ4n) is 6.72. The molecule has 0 N–H and O–H groups in total. The number of rotatable bonds is 3. The number of hydrogen-bond acceptors (Lipinski definition) is 0. The van der Waals surface area contributed by atoms with Crippen LogP contribution in [-0.2, 0) is 7.05 Å². The van der Waals surface area contributed by atoms with E-state index in [1.165, 1.54) is 44.6 Å². The van der Waals surface area contributed by atoms with E-state index in [1.54, 1.807) is 20.7 Å². The van der Waals surface area contributed by atoms with Gasteiger partial charge in [0.05, 0.1) is 0 Å². The van der Waals surface area contributed by atoms with Crippen LogP contribution in [0, 0.1) is 13.8 Å². The van der Waals surface area contributed by atoms with Gasteiger partial charge in [0.25, 0.3) is 0 Å². The average molecular weight is 541 g/mol. The van der Waals surface area contributed by atoms with Crippen LogP contribution in [0.5, 0.6) is 0 Å². The molecule has 0 aliphatic carbocycles. The first-order valence-corrected chi connectivity index (χ1v) is 20.0. The zero-order valence-electron chi connectivity index (χ0n) is 24.3. The van der Waals surface area contributed by atoms with Gasteiger partial charge < -0.3 is 0 Å². The first-order valence-electron chi connectivity index (χ1n) is 14.0. The van der Waals surface area contributed by atoms with Crippen molar-refractivity contribution in [1.82, 2.24) is 0 Å². The molecule has 0 spiro atoms. The van der Waals surface area contributed by atoms with Crippen molar-refractivity contribution < 1.29 is 4.57 Å². The lowest BCUT2D eigenvalue weighted by atomic mass is 9.95. The van der Waals surface area contributed by atoms with Gasteiger partial charge in [-0.15, -0.1) is 0 Å². The Labute approximate surface area is 235 Å². The lowest BCUT2D eigenvalue weighted by Crippen LogP contribution is -2.77. The van der Waals surface area contributed by atoms with Crippen LogP contribution in [0.2, 0.25) is 26.2 Å². The molecule has 0 fully saturated rings. The molecule has 4 aromatic carbocycles. The number of aromatic nitrogens is 1. The van der Waals surface area contributed by atoms with Gasteiger partial charge in [-0.25, -0.2) is 4.57 Å². The summed E-state index contributed by atoms with van der Waals surface area (Å²) in [5.41, 5.74) is 10.4. The number of pyridine rings is 1. The molecule has 0 amide bonds. The molecule has 1 aliphatic heterocycles. The Balaban J connectivity index is 1.42. The van der Waals surface area contributed by atoms with E-state index in [-0.39, 0.29) is 0 Å². The zero-order valence-corrected chi connectivity index (χ0v) is 26.3. The molecule has 1 aromatic heterocycles. The monoisotopic (exact) mass is 540 g/mol. The summed E-state index contributed by atoms with van der Waals surface area (Å²) in [6, 6.07) is 36.6. The molecule has 6 rings (SSSR count).